The highest BCUT2D eigenvalue weighted by atomic mass is 16.6. The summed E-state index contributed by atoms with van der Waals surface area (Å²) in [7, 11) is 0. The van der Waals surface area contributed by atoms with Gasteiger partial charge in [-0.15, -0.1) is 0 Å². The van der Waals surface area contributed by atoms with E-state index in [1.54, 1.807) is 0 Å². The van der Waals surface area contributed by atoms with E-state index in [1.807, 2.05) is 66.7 Å². The monoisotopic (exact) mass is 386 g/mol. The van der Waals surface area contributed by atoms with Gasteiger partial charge in [0.05, 0.1) is 6.54 Å². The zero-order valence-corrected chi connectivity index (χ0v) is 15.6. The molecular weight excluding hydrogens is 368 g/mol. The lowest BCUT2D eigenvalue weighted by atomic mass is 10.0. The molecule has 0 bridgehead atoms. The van der Waals surface area contributed by atoms with Gasteiger partial charge in [0.25, 0.3) is 5.91 Å². The van der Waals surface area contributed by atoms with Crippen LogP contribution in [0, 0.1) is 0 Å². The number of hydrogen-bond donors (Lipinski definition) is 1. The summed E-state index contributed by atoms with van der Waals surface area (Å²) in [4.78, 5) is 12.7. The lowest BCUT2D eigenvalue weighted by Crippen LogP contribution is -2.23. The smallest absolute Gasteiger partial charge is 0.252 e. The van der Waals surface area contributed by atoms with Crippen molar-refractivity contribution in [2.45, 2.75) is 6.54 Å². The van der Waals surface area contributed by atoms with Crippen molar-refractivity contribution in [3.05, 3.63) is 78.0 Å². The van der Waals surface area contributed by atoms with E-state index in [0.717, 1.165) is 22.1 Å². The largest absolute Gasteiger partial charge is 0.486 e. The van der Waals surface area contributed by atoms with Crippen LogP contribution in [-0.4, -0.2) is 24.3 Å². The molecule has 3 aromatic carbocycles. The van der Waals surface area contributed by atoms with E-state index in [4.69, 9.17) is 14.0 Å². The normalized spacial score (nSPS) is 12.7. The summed E-state index contributed by atoms with van der Waals surface area (Å²) in [5.41, 5.74) is 2.12. The van der Waals surface area contributed by atoms with Gasteiger partial charge in [0.2, 0.25) is 0 Å². The Kier molecular flexibility index (Phi) is 4.37. The minimum Gasteiger partial charge on any atom is -0.486 e. The maximum Gasteiger partial charge on any atom is 0.252 e. The first-order valence-electron chi connectivity index (χ1n) is 9.39. The van der Waals surface area contributed by atoms with Crippen LogP contribution in [0.1, 0.15) is 16.1 Å². The summed E-state index contributed by atoms with van der Waals surface area (Å²) < 4.78 is 16.6. The first-order valence-corrected chi connectivity index (χ1v) is 9.39. The maximum atomic E-state index is 12.7. The second-order valence-corrected chi connectivity index (χ2v) is 6.75. The van der Waals surface area contributed by atoms with Crippen molar-refractivity contribution < 1.29 is 18.8 Å². The van der Waals surface area contributed by atoms with E-state index >= 15 is 0 Å². The Balaban J connectivity index is 1.31. The highest BCUT2D eigenvalue weighted by Crippen LogP contribution is 2.34. The summed E-state index contributed by atoms with van der Waals surface area (Å²) in [6.07, 6.45) is 0. The fourth-order valence-electron chi connectivity index (χ4n) is 3.42. The van der Waals surface area contributed by atoms with Crippen LogP contribution in [-0.2, 0) is 6.54 Å². The van der Waals surface area contributed by atoms with Crippen LogP contribution in [0.5, 0.6) is 11.5 Å². The molecule has 0 radical (unpaired) electrons. The lowest BCUT2D eigenvalue weighted by molar-refractivity contribution is 0.0951. The van der Waals surface area contributed by atoms with Gasteiger partial charge in [0.1, 0.15) is 18.9 Å². The average molecular weight is 386 g/mol. The van der Waals surface area contributed by atoms with Crippen LogP contribution in [0.3, 0.4) is 0 Å². The molecule has 1 amide bonds. The predicted octanol–water partition coefficient (Wildman–Crippen LogP) is 4.20. The van der Waals surface area contributed by atoms with Gasteiger partial charge in [-0.25, -0.2) is 0 Å². The maximum absolute atomic E-state index is 12.7. The molecule has 0 saturated heterocycles. The fraction of sp³-hybridized carbons (Fsp3) is 0.130. The van der Waals surface area contributed by atoms with Crippen molar-refractivity contribution in [2.75, 3.05) is 13.2 Å². The lowest BCUT2D eigenvalue weighted by Gasteiger charge is -2.18. The van der Waals surface area contributed by atoms with Crippen molar-refractivity contribution in [1.29, 1.82) is 0 Å². The van der Waals surface area contributed by atoms with Crippen LogP contribution in [0.2, 0.25) is 0 Å². The highest BCUT2D eigenvalue weighted by Gasteiger charge is 2.15. The Morgan fingerprint density at radius 3 is 2.69 bits per heavy atom. The summed E-state index contributed by atoms with van der Waals surface area (Å²) >= 11 is 0. The molecule has 144 valence electrons. The van der Waals surface area contributed by atoms with Crippen molar-refractivity contribution >= 4 is 16.7 Å². The third-order valence-corrected chi connectivity index (χ3v) is 4.85. The van der Waals surface area contributed by atoms with E-state index in [2.05, 4.69) is 10.5 Å². The summed E-state index contributed by atoms with van der Waals surface area (Å²) in [5.74, 6) is 1.88. The number of carbonyl (C=O) groups excluding carboxylic acids is 1. The topological polar surface area (TPSA) is 73.6 Å². The standard InChI is InChI=1S/C23H18N2O4/c26-23(19-7-3-5-15-4-1-2-6-18(15)19)24-14-17-13-21(29-25-17)16-8-9-20-22(12-16)28-11-10-27-20/h1-9,12-13H,10-11,14H2,(H,24,26). The fourth-order valence-corrected chi connectivity index (χ4v) is 3.42. The Morgan fingerprint density at radius 2 is 1.76 bits per heavy atom. The number of nitrogens with one attached hydrogen (secondary N) is 1. The average Bonchev–Trinajstić information content (AvgIpc) is 3.26. The number of nitrogens with zero attached hydrogens (tertiary/aromatic N) is 1. The SMILES string of the molecule is O=C(NCc1cc(-c2ccc3c(c2)OCCO3)on1)c1cccc2ccccc12. The number of aromatic nitrogens is 1. The van der Waals surface area contributed by atoms with Crippen LogP contribution >= 0.6 is 0 Å². The van der Waals surface area contributed by atoms with Gasteiger partial charge in [-0.1, -0.05) is 41.6 Å². The summed E-state index contributed by atoms with van der Waals surface area (Å²) in [6, 6.07) is 20.9. The molecule has 0 atom stereocenters. The van der Waals surface area contributed by atoms with Crippen LogP contribution in [0.4, 0.5) is 0 Å². The van der Waals surface area contributed by atoms with Crippen molar-refractivity contribution in [2.24, 2.45) is 0 Å². The minimum absolute atomic E-state index is 0.148. The second kappa shape index (κ2) is 7.31. The van der Waals surface area contributed by atoms with Gasteiger partial charge < -0.3 is 19.3 Å². The number of rotatable bonds is 4. The third-order valence-electron chi connectivity index (χ3n) is 4.85. The van der Waals surface area contributed by atoms with E-state index in [9.17, 15) is 4.79 Å². The van der Waals surface area contributed by atoms with Crippen LogP contribution in [0.25, 0.3) is 22.1 Å². The molecule has 0 saturated carbocycles. The van der Waals surface area contributed by atoms with E-state index < -0.39 is 0 Å². The van der Waals surface area contributed by atoms with Gasteiger partial charge in [0, 0.05) is 17.2 Å². The van der Waals surface area contributed by atoms with E-state index in [-0.39, 0.29) is 12.5 Å². The molecule has 29 heavy (non-hydrogen) atoms. The number of ether oxygens (including phenoxy) is 2. The molecule has 1 aromatic heterocycles. The molecule has 0 unspecified atom stereocenters. The zero-order valence-electron chi connectivity index (χ0n) is 15.6. The molecule has 4 aromatic rings. The minimum atomic E-state index is -0.148. The number of fused-ring (bicyclic) bond motifs is 2. The molecule has 1 N–H and O–H groups in total. The Morgan fingerprint density at radius 1 is 0.931 bits per heavy atom. The quantitative estimate of drug-likeness (QED) is 0.569. The van der Waals surface area contributed by atoms with Gasteiger partial charge in [-0.3, -0.25) is 4.79 Å². The molecule has 6 nitrogen and oxygen atoms in total. The van der Waals surface area contributed by atoms with Crippen LogP contribution < -0.4 is 14.8 Å². The summed E-state index contributed by atoms with van der Waals surface area (Å²) in [5, 5.41) is 8.94. The van der Waals surface area contributed by atoms with Gasteiger partial charge in [-0.05, 0) is 35.0 Å². The van der Waals surface area contributed by atoms with Crippen molar-refractivity contribution in [1.82, 2.24) is 10.5 Å². The first-order chi connectivity index (χ1) is 14.3. The Hall–Kier alpha value is -3.80. The molecule has 0 fully saturated rings. The Labute approximate surface area is 167 Å². The molecule has 6 heteroatoms. The molecule has 0 spiro atoms. The number of carbonyl (C=O) groups is 1. The predicted molar refractivity (Wildman–Crippen MR) is 108 cm³/mol. The Bertz CT molecular complexity index is 1190. The second-order valence-electron chi connectivity index (χ2n) is 6.75. The van der Waals surface area contributed by atoms with Crippen molar-refractivity contribution in [3.8, 4) is 22.8 Å². The molecular formula is C23H18N2O4. The van der Waals surface area contributed by atoms with E-state index in [0.29, 0.717) is 36.0 Å². The number of benzene rings is 3. The van der Waals surface area contributed by atoms with Crippen LogP contribution in [0.15, 0.2) is 71.3 Å². The number of amides is 1. The first kappa shape index (κ1) is 17.3. The van der Waals surface area contributed by atoms with Crippen molar-refractivity contribution in [3.63, 3.8) is 0 Å². The molecule has 0 aliphatic carbocycles. The molecule has 2 heterocycles. The molecule has 1 aliphatic heterocycles. The van der Waals surface area contributed by atoms with Gasteiger partial charge in [-0.2, -0.15) is 0 Å². The van der Waals surface area contributed by atoms with Gasteiger partial charge in [0.15, 0.2) is 17.3 Å². The van der Waals surface area contributed by atoms with E-state index in [1.165, 1.54) is 0 Å². The summed E-state index contributed by atoms with van der Waals surface area (Å²) in [6.45, 7) is 1.35. The molecule has 1 aliphatic rings. The zero-order chi connectivity index (χ0) is 19.6. The third kappa shape index (κ3) is 3.40. The molecule has 5 rings (SSSR count). The number of hydrogen-bond acceptors (Lipinski definition) is 5. The van der Waals surface area contributed by atoms with Gasteiger partial charge >= 0.3 is 0 Å². The highest BCUT2D eigenvalue weighted by molar-refractivity contribution is 6.06.